The lowest BCUT2D eigenvalue weighted by Gasteiger charge is -2.33. The first kappa shape index (κ1) is 15.2. The lowest BCUT2D eigenvalue weighted by Crippen LogP contribution is -2.34. The zero-order valence-corrected chi connectivity index (χ0v) is 14.2. The van der Waals surface area contributed by atoms with E-state index in [4.69, 9.17) is 0 Å². The molecule has 1 aromatic carbocycles. The molecule has 1 N–H and O–H groups in total. The van der Waals surface area contributed by atoms with Gasteiger partial charge in [-0.25, -0.2) is 0 Å². The van der Waals surface area contributed by atoms with Gasteiger partial charge in [0.1, 0.15) is 0 Å². The minimum Gasteiger partial charge on any atom is -0.338 e. The molecule has 4 rings (SSSR count). The number of hydrogen-bond acceptors (Lipinski definition) is 2. The molecule has 23 heavy (non-hydrogen) atoms. The average Bonchev–Trinajstić information content (AvgIpc) is 2.97. The second-order valence-corrected chi connectivity index (χ2v) is 8.01. The monoisotopic (exact) mass is 312 g/mol. The standard InChI is InChI=1S/C20H28N2O/c1-15-11-18-12-16(5-6-17(18)13-21-15)19(23)22-10-9-20(14-22)7-3-2-4-8-20/h5-6,12,15,21H,2-4,7-11,13-14H2,1H3. The van der Waals surface area contributed by atoms with Gasteiger partial charge in [-0.15, -0.1) is 0 Å². The van der Waals surface area contributed by atoms with Crippen LogP contribution >= 0.6 is 0 Å². The Morgan fingerprint density at radius 3 is 2.83 bits per heavy atom. The maximum atomic E-state index is 13.0. The van der Waals surface area contributed by atoms with E-state index in [9.17, 15) is 4.79 Å². The highest BCUT2D eigenvalue weighted by molar-refractivity contribution is 5.94. The first-order chi connectivity index (χ1) is 11.2. The number of amides is 1. The summed E-state index contributed by atoms with van der Waals surface area (Å²) in [6.45, 7) is 5.08. The third-order valence-corrected chi connectivity index (χ3v) is 6.26. The number of hydrogen-bond donors (Lipinski definition) is 1. The summed E-state index contributed by atoms with van der Waals surface area (Å²) in [6.07, 6.45) is 8.98. The molecule has 1 spiro atoms. The Morgan fingerprint density at radius 1 is 1.17 bits per heavy atom. The molecule has 1 atom stereocenters. The van der Waals surface area contributed by atoms with E-state index in [1.54, 1.807) is 0 Å². The Labute approximate surface area is 139 Å². The van der Waals surface area contributed by atoms with Crippen molar-refractivity contribution in [3.8, 4) is 0 Å². The lowest BCUT2D eigenvalue weighted by molar-refractivity contribution is 0.0758. The molecule has 0 bridgehead atoms. The summed E-state index contributed by atoms with van der Waals surface area (Å²) in [6, 6.07) is 6.84. The van der Waals surface area contributed by atoms with Crippen LogP contribution in [-0.2, 0) is 13.0 Å². The summed E-state index contributed by atoms with van der Waals surface area (Å²) in [5.41, 5.74) is 4.05. The Bertz CT molecular complexity index is 604. The molecule has 1 unspecified atom stereocenters. The smallest absolute Gasteiger partial charge is 0.253 e. The van der Waals surface area contributed by atoms with E-state index in [0.717, 1.165) is 31.6 Å². The predicted octanol–water partition coefficient (Wildman–Crippen LogP) is 3.52. The van der Waals surface area contributed by atoms with Crippen LogP contribution in [0.25, 0.3) is 0 Å². The third kappa shape index (κ3) is 2.91. The van der Waals surface area contributed by atoms with Gasteiger partial charge < -0.3 is 10.2 Å². The number of likely N-dealkylation sites (tertiary alicyclic amines) is 1. The Kier molecular flexibility index (Phi) is 3.92. The number of nitrogens with one attached hydrogen (secondary N) is 1. The molecule has 1 saturated carbocycles. The van der Waals surface area contributed by atoms with E-state index >= 15 is 0 Å². The van der Waals surface area contributed by atoms with E-state index < -0.39 is 0 Å². The van der Waals surface area contributed by atoms with Gasteiger partial charge in [0.15, 0.2) is 0 Å². The topological polar surface area (TPSA) is 32.3 Å². The number of benzene rings is 1. The summed E-state index contributed by atoms with van der Waals surface area (Å²) in [7, 11) is 0. The van der Waals surface area contributed by atoms with Crippen LogP contribution in [0.5, 0.6) is 0 Å². The summed E-state index contributed by atoms with van der Waals surface area (Å²) < 4.78 is 0. The molecule has 124 valence electrons. The summed E-state index contributed by atoms with van der Waals surface area (Å²) >= 11 is 0. The molecule has 0 aromatic heterocycles. The molecule has 1 aromatic rings. The molecule has 3 nitrogen and oxygen atoms in total. The van der Waals surface area contributed by atoms with Gasteiger partial charge in [0.05, 0.1) is 0 Å². The fourth-order valence-corrected chi connectivity index (χ4v) is 4.81. The van der Waals surface area contributed by atoms with Crippen LogP contribution in [-0.4, -0.2) is 29.9 Å². The van der Waals surface area contributed by atoms with Crippen molar-refractivity contribution in [3.63, 3.8) is 0 Å². The highest BCUT2D eigenvalue weighted by Crippen LogP contribution is 2.44. The first-order valence-corrected chi connectivity index (χ1v) is 9.30. The van der Waals surface area contributed by atoms with E-state index in [0.29, 0.717) is 11.5 Å². The lowest BCUT2D eigenvalue weighted by atomic mass is 9.73. The largest absolute Gasteiger partial charge is 0.338 e. The molecular weight excluding hydrogens is 284 g/mol. The molecular formula is C20H28N2O. The molecule has 2 fully saturated rings. The highest BCUT2D eigenvalue weighted by atomic mass is 16.2. The fourth-order valence-electron chi connectivity index (χ4n) is 4.81. The van der Waals surface area contributed by atoms with Crippen LogP contribution < -0.4 is 5.32 Å². The summed E-state index contributed by atoms with van der Waals surface area (Å²) in [5.74, 6) is 0.251. The number of nitrogens with zero attached hydrogens (tertiary/aromatic N) is 1. The van der Waals surface area contributed by atoms with E-state index in [-0.39, 0.29) is 5.91 Å². The number of carbonyl (C=O) groups excluding carboxylic acids is 1. The van der Waals surface area contributed by atoms with Crippen molar-refractivity contribution in [1.82, 2.24) is 10.2 Å². The molecule has 1 amide bonds. The Balaban J connectivity index is 1.50. The predicted molar refractivity (Wildman–Crippen MR) is 92.5 cm³/mol. The Hall–Kier alpha value is -1.35. The normalized spacial score (nSPS) is 26.3. The first-order valence-electron chi connectivity index (χ1n) is 9.30. The van der Waals surface area contributed by atoms with Crippen LogP contribution in [0.3, 0.4) is 0 Å². The van der Waals surface area contributed by atoms with Gasteiger partial charge >= 0.3 is 0 Å². The number of fused-ring (bicyclic) bond motifs is 1. The second-order valence-electron chi connectivity index (χ2n) is 8.01. The van der Waals surface area contributed by atoms with Gasteiger partial charge in [0.25, 0.3) is 5.91 Å². The van der Waals surface area contributed by atoms with Crippen LogP contribution in [0, 0.1) is 5.41 Å². The summed E-state index contributed by atoms with van der Waals surface area (Å²) in [5, 5.41) is 3.49. The van der Waals surface area contributed by atoms with Crippen molar-refractivity contribution in [2.75, 3.05) is 13.1 Å². The maximum absolute atomic E-state index is 13.0. The Morgan fingerprint density at radius 2 is 2.00 bits per heavy atom. The van der Waals surface area contributed by atoms with Gasteiger partial charge in [-0.2, -0.15) is 0 Å². The molecule has 2 aliphatic heterocycles. The molecule has 3 aliphatic rings. The molecule has 2 heterocycles. The van der Waals surface area contributed by atoms with E-state index in [2.05, 4.69) is 29.3 Å². The maximum Gasteiger partial charge on any atom is 0.253 e. The van der Waals surface area contributed by atoms with Crippen molar-refractivity contribution in [1.29, 1.82) is 0 Å². The SMILES string of the molecule is CC1Cc2cc(C(=O)N3CCC4(CCCCC4)C3)ccc2CN1. The zero-order chi connectivity index (χ0) is 15.9. The molecule has 1 saturated heterocycles. The van der Waals surface area contributed by atoms with Crippen molar-refractivity contribution in [3.05, 3.63) is 34.9 Å². The zero-order valence-electron chi connectivity index (χ0n) is 14.2. The van der Waals surface area contributed by atoms with Crippen LogP contribution in [0.15, 0.2) is 18.2 Å². The number of carbonyl (C=O) groups is 1. The van der Waals surface area contributed by atoms with Gasteiger partial charge in [0.2, 0.25) is 0 Å². The van der Waals surface area contributed by atoms with Gasteiger partial charge in [-0.1, -0.05) is 25.3 Å². The van der Waals surface area contributed by atoms with Gasteiger partial charge in [-0.05, 0) is 61.3 Å². The van der Waals surface area contributed by atoms with Crippen molar-refractivity contribution >= 4 is 5.91 Å². The summed E-state index contributed by atoms with van der Waals surface area (Å²) in [4.78, 5) is 15.1. The van der Waals surface area contributed by atoms with Crippen molar-refractivity contribution < 1.29 is 4.79 Å². The van der Waals surface area contributed by atoms with E-state index in [1.165, 1.54) is 49.7 Å². The molecule has 3 heteroatoms. The quantitative estimate of drug-likeness (QED) is 0.860. The fraction of sp³-hybridized carbons (Fsp3) is 0.650. The number of rotatable bonds is 1. The van der Waals surface area contributed by atoms with Gasteiger partial charge in [-0.3, -0.25) is 4.79 Å². The third-order valence-electron chi connectivity index (χ3n) is 6.26. The van der Waals surface area contributed by atoms with Crippen molar-refractivity contribution in [2.45, 2.75) is 64.5 Å². The average molecular weight is 312 g/mol. The van der Waals surface area contributed by atoms with E-state index in [1.807, 2.05) is 6.07 Å². The van der Waals surface area contributed by atoms with Crippen LogP contribution in [0.1, 0.15) is 66.9 Å². The second kappa shape index (κ2) is 5.94. The highest BCUT2D eigenvalue weighted by Gasteiger charge is 2.40. The van der Waals surface area contributed by atoms with Crippen LogP contribution in [0.2, 0.25) is 0 Å². The van der Waals surface area contributed by atoms with Gasteiger partial charge in [0, 0.05) is 31.2 Å². The molecule has 0 radical (unpaired) electrons. The van der Waals surface area contributed by atoms with Crippen molar-refractivity contribution in [2.24, 2.45) is 5.41 Å². The minimum absolute atomic E-state index is 0.251. The van der Waals surface area contributed by atoms with Crippen LogP contribution in [0.4, 0.5) is 0 Å². The molecule has 1 aliphatic carbocycles. The minimum atomic E-state index is 0.251.